The number of carbonyl (C=O) groups is 3. The number of amides is 1. The number of carbonyl (C=O) groups excluding carboxylic acids is 3. The normalized spacial score (nSPS) is 16.0. The van der Waals surface area contributed by atoms with E-state index in [0.29, 0.717) is 31.3 Å². The third kappa shape index (κ3) is 5.02. The van der Waals surface area contributed by atoms with Gasteiger partial charge >= 0.3 is 0 Å². The highest BCUT2D eigenvalue weighted by Gasteiger charge is 2.31. The molecule has 0 aliphatic carbocycles. The second-order valence-electron chi connectivity index (χ2n) is 7.29. The molecule has 1 saturated heterocycles. The SMILES string of the molecule is CCCc1cc(O)c(C=O)c(C(=O)N2CCSCC2COc2cccc(O)c2C=O)c1. The summed E-state index contributed by atoms with van der Waals surface area (Å²) in [5.74, 6) is 0.907. The van der Waals surface area contributed by atoms with Crippen molar-refractivity contribution in [3.63, 3.8) is 0 Å². The van der Waals surface area contributed by atoms with Gasteiger partial charge in [-0.15, -0.1) is 0 Å². The number of aromatic hydroxyl groups is 2. The Labute approximate surface area is 185 Å². The number of phenolic OH excluding ortho intramolecular Hbond substituents is 2. The van der Waals surface area contributed by atoms with Gasteiger partial charge in [0.1, 0.15) is 23.9 Å². The zero-order chi connectivity index (χ0) is 22.4. The van der Waals surface area contributed by atoms with Crippen molar-refractivity contribution in [1.82, 2.24) is 4.90 Å². The van der Waals surface area contributed by atoms with E-state index in [1.807, 2.05) is 6.92 Å². The van der Waals surface area contributed by atoms with Gasteiger partial charge in [-0.25, -0.2) is 0 Å². The summed E-state index contributed by atoms with van der Waals surface area (Å²) >= 11 is 1.68. The Morgan fingerprint density at radius 1 is 1.19 bits per heavy atom. The van der Waals surface area contributed by atoms with Gasteiger partial charge in [0, 0.05) is 18.1 Å². The molecule has 1 amide bonds. The number of thioether (sulfide) groups is 1. The summed E-state index contributed by atoms with van der Waals surface area (Å²) in [6.07, 6.45) is 2.56. The molecular weight excluding hydrogens is 418 g/mol. The van der Waals surface area contributed by atoms with Gasteiger partial charge in [0.05, 0.1) is 22.7 Å². The lowest BCUT2D eigenvalue weighted by molar-refractivity contribution is 0.0644. The van der Waals surface area contributed by atoms with Crippen LogP contribution in [0, 0.1) is 0 Å². The van der Waals surface area contributed by atoms with Crippen molar-refractivity contribution in [1.29, 1.82) is 0 Å². The first kappa shape index (κ1) is 22.7. The molecule has 164 valence electrons. The smallest absolute Gasteiger partial charge is 0.255 e. The Morgan fingerprint density at radius 3 is 2.68 bits per heavy atom. The minimum atomic E-state index is -0.337. The van der Waals surface area contributed by atoms with Gasteiger partial charge in [0.25, 0.3) is 5.91 Å². The fourth-order valence-corrected chi connectivity index (χ4v) is 4.65. The summed E-state index contributed by atoms with van der Waals surface area (Å²) in [6.45, 7) is 2.59. The van der Waals surface area contributed by atoms with Gasteiger partial charge in [0.15, 0.2) is 12.6 Å². The molecule has 0 saturated carbocycles. The first-order valence-corrected chi connectivity index (χ1v) is 11.2. The lowest BCUT2D eigenvalue weighted by Gasteiger charge is -2.35. The number of aldehydes is 2. The topological polar surface area (TPSA) is 104 Å². The van der Waals surface area contributed by atoms with Gasteiger partial charge in [-0.05, 0) is 36.2 Å². The Kier molecular flexibility index (Phi) is 7.57. The second kappa shape index (κ2) is 10.3. The van der Waals surface area contributed by atoms with Crippen LogP contribution in [0.2, 0.25) is 0 Å². The van der Waals surface area contributed by atoms with Gasteiger partial charge in [0.2, 0.25) is 0 Å². The summed E-state index contributed by atoms with van der Waals surface area (Å²) in [6, 6.07) is 7.47. The van der Waals surface area contributed by atoms with Crippen LogP contribution in [0.25, 0.3) is 0 Å². The van der Waals surface area contributed by atoms with E-state index in [2.05, 4.69) is 0 Å². The molecular formula is C23H25NO6S. The molecule has 1 aliphatic rings. The van der Waals surface area contributed by atoms with Crippen LogP contribution in [-0.4, -0.2) is 64.3 Å². The van der Waals surface area contributed by atoms with E-state index in [1.165, 1.54) is 12.1 Å². The van der Waals surface area contributed by atoms with E-state index < -0.39 is 0 Å². The minimum Gasteiger partial charge on any atom is -0.507 e. The Hall–Kier alpha value is -3.00. The number of hydrogen-bond acceptors (Lipinski definition) is 7. The van der Waals surface area contributed by atoms with Crippen molar-refractivity contribution in [2.75, 3.05) is 24.7 Å². The van der Waals surface area contributed by atoms with Crippen LogP contribution in [0.15, 0.2) is 30.3 Å². The molecule has 1 heterocycles. The standard InChI is InChI=1S/C23H25NO6S/c1-2-4-15-9-17(18(11-25)21(28)10-15)23(29)24-7-8-31-14-16(24)13-30-22-6-3-5-20(27)19(22)12-26/h3,5-6,9-12,16,27-28H,2,4,7-8,13-14H2,1H3. The molecule has 1 aliphatic heterocycles. The molecule has 3 rings (SSSR count). The number of aryl methyl sites for hydroxylation is 1. The first-order valence-electron chi connectivity index (χ1n) is 10.1. The molecule has 1 atom stereocenters. The molecule has 2 aromatic carbocycles. The predicted octanol–water partition coefficient (Wildman–Crippen LogP) is 3.31. The number of nitrogens with zero attached hydrogens (tertiary/aromatic N) is 1. The molecule has 0 aromatic heterocycles. The number of hydrogen-bond donors (Lipinski definition) is 2. The maximum atomic E-state index is 13.4. The van der Waals surface area contributed by atoms with Gasteiger partial charge in [-0.3, -0.25) is 14.4 Å². The molecule has 0 spiro atoms. The minimum absolute atomic E-state index is 0.0148. The molecule has 0 bridgehead atoms. The van der Waals surface area contributed by atoms with E-state index in [0.717, 1.165) is 17.7 Å². The van der Waals surface area contributed by atoms with Crippen molar-refractivity contribution < 1.29 is 29.3 Å². The highest BCUT2D eigenvalue weighted by atomic mass is 32.2. The maximum absolute atomic E-state index is 13.4. The average molecular weight is 444 g/mol. The van der Waals surface area contributed by atoms with Crippen LogP contribution in [-0.2, 0) is 6.42 Å². The second-order valence-corrected chi connectivity index (χ2v) is 8.44. The lowest BCUT2D eigenvalue weighted by atomic mass is 9.99. The van der Waals surface area contributed by atoms with Crippen LogP contribution < -0.4 is 4.74 Å². The summed E-state index contributed by atoms with van der Waals surface area (Å²) in [5, 5.41) is 20.1. The quantitative estimate of drug-likeness (QED) is 0.603. The third-order valence-electron chi connectivity index (χ3n) is 5.19. The highest BCUT2D eigenvalue weighted by molar-refractivity contribution is 7.99. The van der Waals surface area contributed by atoms with Gasteiger partial charge < -0.3 is 19.8 Å². The summed E-state index contributed by atoms with van der Waals surface area (Å²) < 4.78 is 5.79. The zero-order valence-corrected chi connectivity index (χ0v) is 18.1. The van der Waals surface area contributed by atoms with Crippen molar-refractivity contribution in [2.45, 2.75) is 25.8 Å². The van der Waals surface area contributed by atoms with E-state index >= 15 is 0 Å². The van der Waals surface area contributed by atoms with E-state index in [4.69, 9.17) is 4.74 Å². The average Bonchev–Trinajstić information content (AvgIpc) is 2.77. The van der Waals surface area contributed by atoms with Crippen LogP contribution in [0.4, 0.5) is 0 Å². The number of phenols is 2. The monoisotopic (exact) mass is 443 g/mol. The summed E-state index contributed by atoms with van der Waals surface area (Å²) in [7, 11) is 0. The Bertz CT molecular complexity index is 977. The van der Waals surface area contributed by atoms with E-state index in [9.17, 15) is 24.6 Å². The Balaban J connectivity index is 1.85. The Morgan fingerprint density at radius 2 is 1.97 bits per heavy atom. The van der Waals surface area contributed by atoms with Crippen molar-refractivity contribution >= 4 is 30.2 Å². The summed E-state index contributed by atoms with van der Waals surface area (Å²) in [4.78, 5) is 37.9. The van der Waals surface area contributed by atoms with E-state index in [1.54, 1.807) is 34.9 Å². The van der Waals surface area contributed by atoms with Gasteiger partial charge in [-0.1, -0.05) is 19.4 Å². The summed E-state index contributed by atoms with van der Waals surface area (Å²) in [5.41, 5.74) is 1.02. The van der Waals surface area contributed by atoms with Crippen LogP contribution in [0.5, 0.6) is 17.2 Å². The molecule has 1 unspecified atom stereocenters. The van der Waals surface area contributed by atoms with Gasteiger partial charge in [-0.2, -0.15) is 11.8 Å². The van der Waals surface area contributed by atoms with E-state index in [-0.39, 0.29) is 52.5 Å². The predicted molar refractivity (Wildman–Crippen MR) is 119 cm³/mol. The molecule has 2 aromatic rings. The van der Waals surface area contributed by atoms with Crippen molar-refractivity contribution in [2.24, 2.45) is 0 Å². The molecule has 7 nitrogen and oxygen atoms in total. The number of benzene rings is 2. The van der Waals surface area contributed by atoms with Crippen molar-refractivity contribution in [3.05, 3.63) is 52.6 Å². The fourth-order valence-electron chi connectivity index (χ4n) is 3.61. The fraction of sp³-hybridized carbons (Fsp3) is 0.348. The number of rotatable bonds is 8. The zero-order valence-electron chi connectivity index (χ0n) is 17.2. The van der Waals surface area contributed by atoms with Crippen LogP contribution in [0.3, 0.4) is 0 Å². The molecule has 2 N–H and O–H groups in total. The first-order chi connectivity index (χ1) is 15.0. The molecule has 8 heteroatoms. The highest BCUT2D eigenvalue weighted by Crippen LogP contribution is 2.29. The maximum Gasteiger partial charge on any atom is 0.255 e. The van der Waals surface area contributed by atoms with Crippen molar-refractivity contribution in [3.8, 4) is 17.2 Å². The lowest BCUT2D eigenvalue weighted by Crippen LogP contribution is -2.49. The third-order valence-corrected chi connectivity index (χ3v) is 6.28. The number of ether oxygens (including phenoxy) is 1. The largest absolute Gasteiger partial charge is 0.507 e. The molecule has 31 heavy (non-hydrogen) atoms. The molecule has 0 radical (unpaired) electrons. The van der Waals surface area contributed by atoms with Crippen LogP contribution in [0.1, 0.15) is 50.0 Å². The van der Waals surface area contributed by atoms with Crippen LogP contribution >= 0.6 is 11.8 Å². The molecule has 1 fully saturated rings.